The van der Waals surface area contributed by atoms with Crippen LogP contribution in [0.3, 0.4) is 0 Å². The lowest BCUT2D eigenvalue weighted by Crippen LogP contribution is -2.29. The topological polar surface area (TPSA) is 94.3 Å². The molecule has 2 aliphatic rings. The highest BCUT2D eigenvalue weighted by molar-refractivity contribution is 6.30. The minimum atomic E-state index is -0.434. The molecule has 2 aromatic heterocycles. The van der Waals surface area contributed by atoms with Crippen LogP contribution in [0.2, 0.25) is 5.02 Å². The SMILES string of the molecule is O[C@@H]1CC(Cn2cc(Cl)cn2)C[C@H]1Nc1cc(OC2CCOCC2)ncn1. The van der Waals surface area contributed by atoms with Crippen LogP contribution in [0.1, 0.15) is 25.7 Å². The van der Waals surface area contributed by atoms with Crippen molar-refractivity contribution in [3.63, 3.8) is 0 Å². The Labute approximate surface area is 162 Å². The molecule has 1 saturated carbocycles. The highest BCUT2D eigenvalue weighted by atomic mass is 35.5. The molecule has 1 aliphatic carbocycles. The molecule has 3 atom stereocenters. The van der Waals surface area contributed by atoms with Crippen molar-refractivity contribution < 1.29 is 14.6 Å². The zero-order valence-corrected chi connectivity index (χ0v) is 15.8. The molecule has 0 spiro atoms. The van der Waals surface area contributed by atoms with Crippen LogP contribution < -0.4 is 10.1 Å². The summed E-state index contributed by atoms with van der Waals surface area (Å²) in [6, 6.07) is 1.73. The van der Waals surface area contributed by atoms with Crippen LogP contribution in [0.4, 0.5) is 5.82 Å². The molecule has 1 unspecified atom stereocenters. The molecule has 0 aromatic carbocycles. The molecule has 0 radical (unpaired) electrons. The second-order valence-electron chi connectivity index (χ2n) is 7.21. The van der Waals surface area contributed by atoms with Gasteiger partial charge >= 0.3 is 0 Å². The second-order valence-corrected chi connectivity index (χ2v) is 7.64. The van der Waals surface area contributed by atoms with E-state index in [2.05, 4.69) is 20.4 Å². The predicted molar refractivity (Wildman–Crippen MR) is 99.9 cm³/mol. The van der Waals surface area contributed by atoms with Gasteiger partial charge in [0.15, 0.2) is 0 Å². The van der Waals surface area contributed by atoms with Gasteiger partial charge in [-0.05, 0) is 18.8 Å². The molecular formula is C18H24ClN5O3. The van der Waals surface area contributed by atoms with Gasteiger partial charge in [0.2, 0.25) is 5.88 Å². The lowest BCUT2D eigenvalue weighted by molar-refractivity contribution is 0.0237. The highest BCUT2D eigenvalue weighted by Gasteiger charge is 2.33. The van der Waals surface area contributed by atoms with Crippen molar-refractivity contribution in [3.05, 3.63) is 29.8 Å². The quantitative estimate of drug-likeness (QED) is 0.776. The van der Waals surface area contributed by atoms with Gasteiger partial charge in [-0.25, -0.2) is 9.97 Å². The molecule has 2 aromatic rings. The molecule has 0 amide bonds. The van der Waals surface area contributed by atoms with Crippen molar-refractivity contribution in [2.75, 3.05) is 18.5 Å². The number of anilines is 1. The third-order valence-corrected chi connectivity index (χ3v) is 5.30. The van der Waals surface area contributed by atoms with E-state index in [4.69, 9.17) is 21.1 Å². The van der Waals surface area contributed by atoms with Gasteiger partial charge in [-0.2, -0.15) is 5.10 Å². The van der Waals surface area contributed by atoms with E-state index in [0.717, 1.165) is 39.0 Å². The van der Waals surface area contributed by atoms with Gasteiger partial charge in [-0.3, -0.25) is 4.68 Å². The van der Waals surface area contributed by atoms with E-state index in [0.29, 0.717) is 29.1 Å². The van der Waals surface area contributed by atoms with Gasteiger partial charge in [-0.15, -0.1) is 0 Å². The monoisotopic (exact) mass is 393 g/mol. The van der Waals surface area contributed by atoms with E-state index in [-0.39, 0.29) is 12.1 Å². The van der Waals surface area contributed by atoms with Gasteiger partial charge in [0.25, 0.3) is 0 Å². The Balaban J connectivity index is 1.33. The smallest absolute Gasteiger partial charge is 0.218 e. The van der Waals surface area contributed by atoms with Crippen LogP contribution in [0.5, 0.6) is 5.88 Å². The van der Waals surface area contributed by atoms with Crippen molar-refractivity contribution in [1.82, 2.24) is 19.7 Å². The van der Waals surface area contributed by atoms with Crippen molar-refractivity contribution in [2.24, 2.45) is 5.92 Å². The van der Waals surface area contributed by atoms with Crippen LogP contribution in [0.15, 0.2) is 24.8 Å². The Morgan fingerprint density at radius 1 is 1.30 bits per heavy atom. The minimum absolute atomic E-state index is 0.0631. The normalized spacial score (nSPS) is 26.2. The molecule has 0 bridgehead atoms. The van der Waals surface area contributed by atoms with E-state index < -0.39 is 6.10 Å². The number of hydrogen-bond acceptors (Lipinski definition) is 7. The first-order valence-corrected chi connectivity index (χ1v) is 9.72. The summed E-state index contributed by atoms with van der Waals surface area (Å²) in [6.45, 7) is 2.18. The first-order chi connectivity index (χ1) is 13.2. The third-order valence-electron chi connectivity index (χ3n) is 5.10. The Bertz CT molecular complexity index is 752. The van der Waals surface area contributed by atoms with Gasteiger partial charge in [0.1, 0.15) is 18.2 Å². The molecule has 1 aliphatic heterocycles. The summed E-state index contributed by atoms with van der Waals surface area (Å²) in [7, 11) is 0. The molecule has 4 rings (SSSR count). The van der Waals surface area contributed by atoms with Gasteiger partial charge in [0.05, 0.1) is 36.6 Å². The van der Waals surface area contributed by atoms with E-state index >= 15 is 0 Å². The standard InChI is InChI=1S/C18H24ClN5O3/c19-13-8-22-24(10-13)9-12-5-15(16(25)6-12)23-17-7-18(21-11-20-17)27-14-1-3-26-4-2-14/h7-8,10-12,14-16,25H,1-6,9H2,(H,20,21,23)/t12?,15-,16-/m1/s1. The maximum absolute atomic E-state index is 10.4. The minimum Gasteiger partial charge on any atom is -0.474 e. The summed E-state index contributed by atoms with van der Waals surface area (Å²) in [4.78, 5) is 8.47. The fourth-order valence-corrected chi connectivity index (χ4v) is 3.92. The van der Waals surface area contributed by atoms with Crippen molar-refractivity contribution >= 4 is 17.4 Å². The average molecular weight is 394 g/mol. The lowest BCUT2D eigenvalue weighted by Gasteiger charge is -2.23. The van der Waals surface area contributed by atoms with Gasteiger partial charge in [0, 0.05) is 31.6 Å². The molecule has 8 nitrogen and oxygen atoms in total. The largest absolute Gasteiger partial charge is 0.474 e. The van der Waals surface area contributed by atoms with Crippen LogP contribution in [-0.4, -0.2) is 56.3 Å². The third kappa shape index (κ3) is 4.88. The molecule has 27 heavy (non-hydrogen) atoms. The summed E-state index contributed by atoms with van der Waals surface area (Å²) in [5.74, 6) is 1.54. The van der Waals surface area contributed by atoms with E-state index in [1.54, 1.807) is 18.5 Å². The first-order valence-electron chi connectivity index (χ1n) is 9.35. The number of aromatic nitrogens is 4. The molecule has 9 heteroatoms. The Morgan fingerprint density at radius 3 is 2.93 bits per heavy atom. The number of nitrogens with zero attached hydrogens (tertiary/aromatic N) is 4. The number of halogens is 1. The fourth-order valence-electron chi connectivity index (χ4n) is 3.76. The molecule has 2 fully saturated rings. The van der Waals surface area contributed by atoms with E-state index in [1.165, 1.54) is 6.33 Å². The second kappa shape index (κ2) is 8.41. The Kier molecular flexibility index (Phi) is 5.75. The predicted octanol–water partition coefficient (Wildman–Crippen LogP) is 2.14. The summed E-state index contributed by atoms with van der Waals surface area (Å²) in [6.07, 6.45) is 7.90. The van der Waals surface area contributed by atoms with Gasteiger partial charge in [-0.1, -0.05) is 11.6 Å². The lowest BCUT2D eigenvalue weighted by atomic mass is 10.1. The maximum Gasteiger partial charge on any atom is 0.218 e. The number of rotatable bonds is 6. The number of aliphatic hydroxyl groups excluding tert-OH is 1. The molecule has 146 valence electrons. The average Bonchev–Trinajstić information content (AvgIpc) is 3.21. The zero-order valence-electron chi connectivity index (χ0n) is 15.0. The number of hydrogen-bond donors (Lipinski definition) is 2. The number of aliphatic hydroxyl groups is 1. The van der Waals surface area contributed by atoms with E-state index in [1.807, 2.05) is 4.68 Å². The molecule has 2 N–H and O–H groups in total. The van der Waals surface area contributed by atoms with E-state index in [9.17, 15) is 5.11 Å². The molecule has 1 saturated heterocycles. The van der Waals surface area contributed by atoms with Crippen LogP contribution in [0.25, 0.3) is 0 Å². The highest BCUT2D eigenvalue weighted by Crippen LogP contribution is 2.30. The summed E-state index contributed by atoms with van der Waals surface area (Å²) in [5.41, 5.74) is 0. The van der Waals surface area contributed by atoms with Crippen LogP contribution >= 0.6 is 11.6 Å². The Hall–Kier alpha value is -1.90. The Morgan fingerprint density at radius 2 is 2.15 bits per heavy atom. The maximum atomic E-state index is 10.4. The summed E-state index contributed by atoms with van der Waals surface area (Å²) < 4.78 is 13.1. The number of ether oxygens (including phenoxy) is 2. The van der Waals surface area contributed by atoms with Crippen LogP contribution in [-0.2, 0) is 11.3 Å². The first kappa shape index (κ1) is 18.5. The van der Waals surface area contributed by atoms with Gasteiger partial charge < -0.3 is 19.9 Å². The molecule has 3 heterocycles. The zero-order chi connectivity index (χ0) is 18.6. The molecular weight excluding hydrogens is 370 g/mol. The number of nitrogens with one attached hydrogen (secondary N) is 1. The van der Waals surface area contributed by atoms with Crippen molar-refractivity contribution in [3.8, 4) is 5.88 Å². The van der Waals surface area contributed by atoms with Crippen LogP contribution in [0, 0.1) is 5.92 Å². The summed E-state index contributed by atoms with van der Waals surface area (Å²) in [5, 5.41) is 18.6. The van der Waals surface area contributed by atoms with Crippen molar-refractivity contribution in [2.45, 2.75) is 50.5 Å². The van der Waals surface area contributed by atoms with Crippen molar-refractivity contribution in [1.29, 1.82) is 0 Å². The fraction of sp³-hybridized carbons (Fsp3) is 0.611. The summed E-state index contributed by atoms with van der Waals surface area (Å²) >= 11 is 5.92.